The first-order chi connectivity index (χ1) is 9.11. The molecule has 3 N–H and O–H groups in total. The fourth-order valence-corrected chi connectivity index (χ4v) is 2.04. The summed E-state index contributed by atoms with van der Waals surface area (Å²) in [6.45, 7) is 4.24. The minimum atomic E-state index is -0.0733. The van der Waals surface area contributed by atoms with Crippen LogP contribution < -0.4 is 15.6 Å². The maximum absolute atomic E-state index is 11.1. The molecule has 6 nitrogen and oxygen atoms in total. The third-order valence-corrected chi connectivity index (χ3v) is 2.97. The van der Waals surface area contributed by atoms with E-state index < -0.39 is 0 Å². The van der Waals surface area contributed by atoms with Crippen LogP contribution in [0.4, 0.5) is 5.95 Å². The lowest BCUT2D eigenvalue weighted by molar-refractivity contribution is -0.437. The summed E-state index contributed by atoms with van der Waals surface area (Å²) < 4.78 is 0. The second-order valence-electron chi connectivity index (χ2n) is 4.55. The van der Waals surface area contributed by atoms with Gasteiger partial charge in [-0.05, 0) is 25.5 Å². The van der Waals surface area contributed by atoms with Crippen LogP contribution in [0, 0.1) is 13.8 Å². The van der Waals surface area contributed by atoms with Crippen molar-refractivity contribution in [3.05, 3.63) is 29.5 Å². The van der Waals surface area contributed by atoms with Crippen LogP contribution in [-0.2, 0) is 4.79 Å². The maximum atomic E-state index is 11.1. The Morgan fingerprint density at radius 3 is 2.89 bits per heavy atom. The molecule has 3 rings (SSSR count). The molecule has 19 heavy (non-hydrogen) atoms. The van der Waals surface area contributed by atoms with Gasteiger partial charge in [-0.3, -0.25) is 9.79 Å². The number of fused-ring (bicyclic) bond motifs is 1. The van der Waals surface area contributed by atoms with Gasteiger partial charge in [0.05, 0.1) is 11.2 Å². The summed E-state index contributed by atoms with van der Waals surface area (Å²) in [5, 5.41) is 6.66. The molecule has 0 atom stereocenters. The summed E-state index contributed by atoms with van der Waals surface area (Å²) in [5.41, 5.74) is 2.94. The van der Waals surface area contributed by atoms with Gasteiger partial charge < -0.3 is 0 Å². The molecule has 0 fully saturated rings. The Morgan fingerprint density at radius 2 is 2.16 bits per heavy atom. The predicted octanol–water partition coefficient (Wildman–Crippen LogP) is -0.775. The predicted molar refractivity (Wildman–Crippen MR) is 71.6 cm³/mol. The van der Waals surface area contributed by atoms with E-state index >= 15 is 0 Å². The van der Waals surface area contributed by atoms with E-state index in [2.05, 4.69) is 25.6 Å². The van der Waals surface area contributed by atoms with Crippen molar-refractivity contribution in [2.24, 2.45) is 0 Å². The first-order valence-electron chi connectivity index (χ1n) is 6.04. The Balaban J connectivity index is 1.98. The number of amides is 1. The zero-order valence-corrected chi connectivity index (χ0v) is 10.7. The van der Waals surface area contributed by atoms with Crippen molar-refractivity contribution in [3.63, 3.8) is 0 Å². The fourth-order valence-electron chi connectivity index (χ4n) is 2.04. The molecule has 0 radical (unpaired) electrons. The van der Waals surface area contributed by atoms with E-state index in [4.69, 9.17) is 0 Å². The van der Waals surface area contributed by atoms with E-state index in [1.807, 2.05) is 32.0 Å². The first kappa shape index (κ1) is 11.6. The molecular weight excluding hydrogens is 242 g/mol. The van der Waals surface area contributed by atoms with Crippen LogP contribution in [0.5, 0.6) is 0 Å². The molecule has 0 saturated heterocycles. The molecule has 0 saturated carbocycles. The topological polar surface area (TPSA) is 80.9 Å². The number of hydrogen-bond acceptors (Lipinski definition) is 4. The Kier molecular flexibility index (Phi) is 2.63. The van der Waals surface area contributed by atoms with Gasteiger partial charge in [-0.25, -0.2) is 15.6 Å². The second-order valence-corrected chi connectivity index (χ2v) is 4.55. The van der Waals surface area contributed by atoms with Crippen LogP contribution in [0.25, 0.3) is 10.9 Å². The van der Waals surface area contributed by atoms with Gasteiger partial charge >= 0.3 is 11.9 Å². The average Bonchev–Trinajstić information content (AvgIpc) is 2.74. The monoisotopic (exact) mass is 256 g/mol. The Bertz CT molecular complexity index is 707. The number of aromatic nitrogens is 2. The molecule has 2 aromatic rings. The van der Waals surface area contributed by atoms with Crippen LogP contribution in [-0.4, -0.2) is 28.4 Å². The highest BCUT2D eigenvalue weighted by Crippen LogP contribution is 2.18. The smallest absolute Gasteiger partial charge is 0.266 e. The van der Waals surface area contributed by atoms with Crippen molar-refractivity contribution in [2.75, 3.05) is 11.9 Å². The summed E-state index contributed by atoms with van der Waals surface area (Å²) in [6.07, 6.45) is 0. The number of carbonyl (C=O) groups is 1. The summed E-state index contributed by atoms with van der Waals surface area (Å²) in [5.74, 6) is 0.924. The van der Waals surface area contributed by atoms with Gasteiger partial charge in [-0.1, -0.05) is 12.1 Å². The quantitative estimate of drug-likeness (QED) is 0.625. The van der Waals surface area contributed by atoms with E-state index in [0.29, 0.717) is 11.9 Å². The summed E-state index contributed by atoms with van der Waals surface area (Å²) >= 11 is 0. The zero-order chi connectivity index (χ0) is 13.4. The van der Waals surface area contributed by atoms with Gasteiger partial charge in [0.2, 0.25) is 0 Å². The molecule has 0 spiro atoms. The summed E-state index contributed by atoms with van der Waals surface area (Å²) in [7, 11) is 0. The molecule has 1 aliphatic rings. The van der Waals surface area contributed by atoms with Gasteiger partial charge in [0.25, 0.3) is 5.95 Å². The Morgan fingerprint density at radius 1 is 1.32 bits per heavy atom. The lowest BCUT2D eigenvalue weighted by Gasteiger charge is -2.04. The number of nitrogens with one attached hydrogen (secondary N) is 3. The number of guanidine groups is 1. The molecule has 1 amide bonds. The molecule has 6 heteroatoms. The van der Waals surface area contributed by atoms with Crippen molar-refractivity contribution in [2.45, 2.75) is 13.8 Å². The molecule has 0 unspecified atom stereocenters. The highest BCUT2D eigenvalue weighted by molar-refractivity contribution is 6.03. The van der Waals surface area contributed by atoms with E-state index in [0.717, 1.165) is 22.2 Å². The van der Waals surface area contributed by atoms with Crippen molar-refractivity contribution in [1.82, 2.24) is 15.3 Å². The number of anilines is 1. The van der Waals surface area contributed by atoms with Crippen LogP contribution >= 0.6 is 0 Å². The molecule has 0 bridgehead atoms. The molecule has 1 aromatic carbocycles. The van der Waals surface area contributed by atoms with Crippen molar-refractivity contribution in [1.29, 1.82) is 0 Å². The van der Waals surface area contributed by atoms with Gasteiger partial charge in [0.15, 0.2) is 6.54 Å². The van der Waals surface area contributed by atoms with Crippen molar-refractivity contribution < 1.29 is 9.79 Å². The second kappa shape index (κ2) is 4.31. The SMILES string of the molecule is Cc1ccc2c(C)nc(NC3=[NH+]CC(=O)N3)nc2c1. The van der Waals surface area contributed by atoms with Crippen LogP contribution in [0.15, 0.2) is 18.2 Å². The highest BCUT2D eigenvalue weighted by Gasteiger charge is 2.21. The number of benzene rings is 1. The third-order valence-electron chi connectivity index (χ3n) is 2.97. The fraction of sp³-hybridized carbons (Fsp3) is 0.231. The summed E-state index contributed by atoms with van der Waals surface area (Å²) in [4.78, 5) is 22.8. The largest absolute Gasteiger partial charge is 0.358 e. The standard InChI is InChI=1S/C13H13N5O/c1-7-3-4-9-8(2)15-13(16-10(9)5-7)18-12-14-6-11(19)17-12/h3-5H,6H2,1-2H3,(H2,14,15,16,17,18,19)/p+1. The Labute approximate surface area is 110 Å². The Hall–Kier alpha value is -2.50. The lowest BCUT2D eigenvalue weighted by atomic mass is 10.1. The van der Waals surface area contributed by atoms with Gasteiger partial charge in [0.1, 0.15) is 0 Å². The molecule has 2 heterocycles. The minimum Gasteiger partial charge on any atom is -0.266 e. The number of carbonyl (C=O) groups excluding carboxylic acids is 1. The van der Waals surface area contributed by atoms with E-state index in [1.54, 1.807) is 0 Å². The normalized spacial score (nSPS) is 14.4. The molecule has 1 aromatic heterocycles. The summed E-state index contributed by atoms with van der Waals surface area (Å²) in [6, 6.07) is 6.08. The van der Waals surface area contributed by atoms with Crippen LogP contribution in [0.3, 0.4) is 0 Å². The average molecular weight is 256 g/mol. The molecule has 96 valence electrons. The third kappa shape index (κ3) is 2.24. The lowest BCUT2D eigenvalue weighted by Crippen LogP contribution is -2.72. The molecule has 0 aliphatic carbocycles. The van der Waals surface area contributed by atoms with Crippen LogP contribution in [0.2, 0.25) is 0 Å². The van der Waals surface area contributed by atoms with Gasteiger partial charge in [0, 0.05) is 5.39 Å². The highest BCUT2D eigenvalue weighted by atomic mass is 16.2. The van der Waals surface area contributed by atoms with Crippen LogP contribution in [0.1, 0.15) is 11.3 Å². The molecule has 1 aliphatic heterocycles. The van der Waals surface area contributed by atoms with E-state index in [9.17, 15) is 4.79 Å². The zero-order valence-electron chi connectivity index (χ0n) is 10.7. The number of nitrogens with zero attached hydrogens (tertiary/aromatic N) is 2. The van der Waals surface area contributed by atoms with Crippen molar-refractivity contribution >= 4 is 28.7 Å². The van der Waals surface area contributed by atoms with Gasteiger partial charge in [-0.2, -0.15) is 4.98 Å². The van der Waals surface area contributed by atoms with E-state index in [1.165, 1.54) is 0 Å². The minimum absolute atomic E-state index is 0.0733. The number of rotatable bonds is 1. The van der Waals surface area contributed by atoms with Crippen molar-refractivity contribution in [3.8, 4) is 0 Å². The first-order valence-corrected chi connectivity index (χ1v) is 6.04. The molecular formula is C13H14N5O+. The number of aryl methyl sites for hydroxylation is 2. The maximum Gasteiger partial charge on any atom is 0.358 e. The number of hydrogen-bond donors (Lipinski definition) is 3. The van der Waals surface area contributed by atoms with Gasteiger partial charge in [-0.15, -0.1) is 0 Å². The van der Waals surface area contributed by atoms with E-state index in [-0.39, 0.29) is 12.5 Å².